The van der Waals surface area contributed by atoms with Crippen LogP contribution in [-0.2, 0) is 14.6 Å². The molecule has 3 rings (SSSR count). The predicted molar refractivity (Wildman–Crippen MR) is 94.1 cm³/mol. The van der Waals surface area contributed by atoms with Gasteiger partial charge in [-0.25, -0.2) is 8.42 Å². The number of hydrogen-bond acceptors (Lipinski definition) is 9. The molecule has 10 nitrogen and oxygen atoms in total. The Morgan fingerprint density at radius 3 is 2.63 bits per heavy atom. The van der Waals surface area contributed by atoms with Crippen LogP contribution in [0.25, 0.3) is 11.0 Å². The zero-order valence-corrected chi connectivity index (χ0v) is 15.6. The van der Waals surface area contributed by atoms with E-state index in [1.54, 1.807) is 13.1 Å². The van der Waals surface area contributed by atoms with E-state index in [-0.39, 0.29) is 18.1 Å². The lowest BCUT2D eigenvalue weighted by molar-refractivity contribution is -0.0509. The summed E-state index contributed by atoms with van der Waals surface area (Å²) >= 11 is 0. The van der Waals surface area contributed by atoms with Crippen molar-refractivity contribution in [3.63, 3.8) is 0 Å². The number of aryl methyl sites for hydroxylation is 1. The van der Waals surface area contributed by atoms with Crippen LogP contribution in [0.1, 0.15) is 11.8 Å². The molecule has 27 heavy (non-hydrogen) atoms. The van der Waals surface area contributed by atoms with Crippen molar-refractivity contribution in [2.24, 2.45) is 0 Å². The first-order valence-corrected chi connectivity index (χ1v) is 10.0. The molecule has 1 unspecified atom stereocenters. The fraction of sp³-hybridized carbons (Fsp3) is 0.500. The van der Waals surface area contributed by atoms with Gasteiger partial charge in [0, 0.05) is 12.5 Å². The standard InChI is InChI=1S/C16H21N3O7S/c1-4-5-25-14-10-8(2)6-19(13(10)17-16(18-14)27(3,23)24)15-12(22)11(21)9(7-20)26-15/h4,6,9,11-12,15,20-22H,1,5,7H2,2-3H3/t9?,11-,12-,15+/m1/s1. The molecule has 1 fully saturated rings. The molecule has 0 saturated carbocycles. The van der Waals surface area contributed by atoms with Gasteiger partial charge in [0.25, 0.3) is 5.16 Å². The van der Waals surface area contributed by atoms with Gasteiger partial charge in [0.05, 0.1) is 12.0 Å². The highest BCUT2D eigenvalue weighted by Crippen LogP contribution is 2.36. The van der Waals surface area contributed by atoms with Crippen LogP contribution in [0.15, 0.2) is 24.0 Å². The van der Waals surface area contributed by atoms with E-state index in [0.717, 1.165) is 6.26 Å². The largest absolute Gasteiger partial charge is 0.473 e. The fourth-order valence-corrected chi connectivity index (χ4v) is 3.49. The maximum absolute atomic E-state index is 12.0. The van der Waals surface area contributed by atoms with E-state index in [2.05, 4.69) is 16.5 Å². The van der Waals surface area contributed by atoms with Crippen molar-refractivity contribution in [3.8, 4) is 5.88 Å². The smallest absolute Gasteiger partial charge is 0.252 e. The molecule has 0 aromatic carbocycles. The van der Waals surface area contributed by atoms with Gasteiger partial charge in [-0.05, 0) is 12.5 Å². The Bertz CT molecular complexity index is 972. The molecule has 2 aromatic heterocycles. The molecule has 0 bridgehead atoms. The van der Waals surface area contributed by atoms with Crippen molar-refractivity contribution in [1.29, 1.82) is 0 Å². The number of aromatic nitrogens is 3. The van der Waals surface area contributed by atoms with Gasteiger partial charge in [0.2, 0.25) is 15.7 Å². The third kappa shape index (κ3) is 3.44. The average molecular weight is 399 g/mol. The molecule has 3 heterocycles. The van der Waals surface area contributed by atoms with Gasteiger partial charge in [-0.1, -0.05) is 12.7 Å². The maximum Gasteiger partial charge on any atom is 0.252 e. The second kappa shape index (κ2) is 7.17. The van der Waals surface area contributed by atoms with Crippen LogP contribution < -0.4 is 4.74 Å². The Labute approximate surface area is 155 Å². The number of nitrogens with zero attached hydrogens (tertiary/aromatic N) is 3. The monoisotopic (exact) mass is 399 g/mol. The second-order valence-corrected chi connectivity index (χ2v) is 8.24. The lowest BCUT2D eigenvalue weighted by Gasteiger charge is -2.17. The van der Waals surface area contributed by atoms with E-state index in [9.17, 15) is 23.7 Å². The number of fused-ring (bicyclic) bond motifs is 1. The number of aliphatic hydroxyl groups is 3. The van der Waals surface area contributed by atoms with Crippen molar-refractivity contribution < 1.29 is 33.2 Å². The van der Waals surface area contributed by atoms with Crippen LogP contribution >= 0.6 is 0 Å². The summed E-state index contributed by atoms with van der Waals surface area (Å²) < 4.78 is 36.4. The number of ether oxygens (including phenoxy) is 2. The highest BCUT2D eigenvalue weighted by atomic mass is 32.2. The van der Waals surface area contributed by atoms with Crippen LogP contribution in [0.5, 0.6) is 5.88 Å². The molecule has 2 aromatic rings. The molecule has 4 atom stereocenters. The fourth-order valence-electron chi connectivity index (χ4n) is 2.99. The summed E-state index contributed by atoms with van der Waals surface area (Å²) in [5.74, 6) is 0.0586. The highest BCUT2D eigenvalue weighted by molar-refractivity contribution is 7.90. The van der Waals surface area contributed by atoms with E-state index in [1.165, 1.54) is 10.6 Å². The van der Waals surface area contributed by atoms with E-state index in [0.29, 0.717) is 10.9 Å². The highest BCUT2D eigenvalue weighted by Gasteiger charge is 2.44. The lowest BCUT2D eigenvalue weighted by Crippen LogP contribution is -2.33. The minimum atomic E-state index is -3.75. The van der Waals surface area contributed by atoms with Crippen molar-refractivity contribution in [1.82, 2.24) is 14.5 Å². The van der Waals surface area contributed by atoms with E-state index in [4.69, 9.17) is 9.47 Å². The zero-order valence-electron chi connectivity index (χ0n) is 14.8. The van der Waals surface area contributed by atoms with Gasteiger partial charge >= 0.3 is 0 Å². The first-order chi connectivity index (χ1) is 12.7. The summed E-state index contributed by atoms with van der Waals surface area (Å²) in [6.07, 6.45) is -0.632. The van der Waals surface area contributed by atoms with E-state index >= 15 is 0 Å². The third-order valence-electron chi connectivity index (χ3n) is 4.27. The number of rotatable bonds is 6. The molecule has 1 aliphatic heterocycles. The summed E-state index contributed by atoms with van der Waals surface area (Å²) in [4.78, 5) is 8.11. The Morgan fingerprint density at radius 1 is 1.37 bits per heavy atom. The van der Waals surface area contributed by atoms with E-state index in [1.807, 2.05) is 0 Å². The summed E-state index contributed by atoms with van der Waals surface area (Å²) in [5, 5.41) is 29.6. The molecule has 1 saturated heterocycles. The van der Waals surface area contributed by atoms with Gasteiger partial charge in [0.15, 0.2) is 11.9 Å². The molecular weight excluding hydrogens is 378 g/mol. The van der Waals surface area contributed by atoms with Gasteiger partial charge in [-0.3, -0.25) is 0 Å². The molecular formula is C16H21N3O7S. The van der Waals surface area contributed by atoms with Crippen LogP contribution in [0.4, 0.5) is 0 Å². The van der Waals surface area contributed by atoms with Crippen LogP contribution in [-0.4, -0.2) is 76.1 Å². The summed E-state index contributed by atoms with van der Waals surface area (Å²) in [6.45, 7) is 4.92. The third-order valence-corrected chi connectivity index (χ3v) is 5.11. The van der Waals surface area contributed by atoms with Crippen molar-refractivity contribution in [2.45, 2.75) is 36.6 Å². The molecule has 0 radical (unpaired) electrons. The zero-order chi connectivity index (χ0) is 19.9. The Hall–Kier alpha value is -2.05. The number of hydrogen-bond donors (Lipinski definition) is 3. The molecule has 0 aliphatic carbocycles. The van der Waals surface area contributed by atoms with Crippen LogP contribution in [0.2, 0.25) is 0 Å². The molecule has 3 N–H and O–H groups in total. The van der Waals surface area contributed by atoms with Crippen LogP contribution in [0.3, 0.4) is 0 Å². The number of sulfone groups is 1. The SMILES string of the molecule is C=CCOc1nc(S(C)(=O)=O)nc2c1c(C)cn2[C@H]1OC(CO)[C@@H](O)[C@H]1O. The van der Waals surface area contributed by atoms with E-state index < -0.39 is 46.1 Å². The number of aliphatic hydroxyl groups excluding tert-OH is 3. The molecule has 0 amide bonds. The topological polar surface area (TPSA) is 144 Å². The Morgan fingerprint density at radius 2 is 2.07 bits per heavy atom. The second-order valence-electron chi connectivity index (χ2n) is 6.33. The predicted octanol–water partition coefficient (Wildman–Crippen LogP) is -0.680. The van der Waals surface area contributed by atoms with Crippen molar-refractivity contribution >= 4 is 20.9 Å². The minimum Gasteiger partial charge on any atom is -0.473 e. The quantitative estimate of drug-likeness (QED) is 0.425. The Kier molecular flexibility index (Phi) is 5.23. The molecule has 11 heteroatoms. The maximum atomic E-state index is 12.0. The first kappa shape index (κ1) is 19.7. The average Bonchev–Trinajstić information content (AvgIpc) is 3.09. The van der Waals surface area contributed by atoms with Gasteiger partial charge in [0.1, 0.15) is 24.9 Å². The first-order valence-electron chi connectivity index (χ1n) is 8.14. The van der Waals surface area contributed by atoms with Crippen molar-refractivity contribution in [2.75, 3.05) is 19.5 Å². The normalized spacial score (nSPS) is 25.8. The van der Waals surface area contributed by atoms with Gasteiger partial charge in [-0.2, -0.15) is 9.97 Å². The summed E-state index contributed by atoms with van der Waals surface area (Å²) in [7, 11) is -3.75. The van der Waals surface area contributed by atoms with Gasteiger partial charge < -0.3 is 29.4 Å². The summed E-state index contributed by atoms with van der Waals surface area (Å²) in [5.41, 5.74) is 0.818. The lowest BCUT2D eigenvalue weighted by atomic mass is 10.1. The van der Waals surface area contributed by atoms with Gasteiger partial charge in [-0.15, -0.1) is 0 Å². The molecule has 1 aliphatic rings. The van der Waals surface area contributed by atoms with Crippen molar-refractivity contribution in [3.05, 3.63) is 24.4 Å². The van der Waals surface area contributed by atoms with Crippen LogP contribution in [0, 0.1) is 6.92 Å². The summed E-state index contributed by atoms with van der Waals surface area (Å²) in [6, 6.07) is 0. The Balaban J connectivity index is 2.22. The molecule has 0 spiro atoms. The minimum absolute atomic E-state index is 0.0586. The molecule has 148 valence electrons.